The van der Waals surface area contributed by atoms with Crippen LogP contribution < -0.4 is 4.31 Å². The number of piperazine rings is 1. The van der Waals surface area contributed by atoms with Crippen molar-refractivity contribution in [2.75, 3.05) is 43.3 Å². The number of nitrogens with zero attached hydrogens (tertiary/aromatic N) is 3. The van der Waals surface area contributed by atoms with Crippen LogP contribution in [0.3, 0.4) is 0 Å². The summed E-state index contributed by atoms with van der Waals surface area (Å²) in [4.78, 5) is 26.3. The van der Waals surface area contributed by atoms with Crippen LogP contribution in [0, 0.1) is 0 Å². The summed E-state index contributed by atoms with van der Waals surface area (Å²) in [5.41, 5.74) is 0.0863. The maximum absolute atomic E-state index is 12.5. The fourth-order valence-electron chi connectivity index (χ4n) is 2.39. The molecular formula is C14H17Cl2N3O4S. The van der Waals surface area contributed by atoms with E-state index in [1.54, 1.807) is 11.0 Å². The SMILES string of the molecule is CS(=O)(=O)N(CC(=O)N1CCN(C=O)CC1)c1c(Cl)cccc1Cl. The molecule has 0 spiro atoms. The Labute approximate surface area is 150 Å². The van der Waals surface area contributed by atoms with E-state index in [-0.39, 0.29) is 21.6 Å². The van der Waals surface area contributed by atoms with Gasteiger partial charge in [0.05, 0.1) is 22.0 Å². The van der Waals surface area contributed by atoms with Crippen molar-refractivity contribution < 1.29 is 18.0 Å². The molecule has 0 unspecified atom stereocenters. The fraction of sp³-hybridized carbons (Fsp3) is 0.429. The van der Waals surface area contributed by atoms with E-state index in [0.717, 1.165) is 17.0 Å². The summed E-state index contributed by atoms with van der Waals surface area (Å²) in [5, 5.41) is 0.290. The Morgan fingerprint density at radius 3 is 2.21 bits per heavy atom. The van der Waals surface area contributed by atoms with Crippen LogP contribution >= 0.6 is 23.2 Å². The maximum Gasteiger partial charge on any atom is 0.243 e. The van der Waals surface area contributed by atoms with Crippen LogP contribution in [0.25, 0.3) is 0 Å². The van der Waals surface area contributed by atoms with Crippen molar-refractivity contribution >= 4 is 51.2 Å². The number of rotatable bonds is 5. The number of benzene rings is 1. The zero-order valence-corrected chi connectivity index (χ0v) is 15.3. The van der Waals surface area contributed by atoms with Crippen LogP contribution in [-0.2, 0) is 19.6 Å². The molecule has 0 atom stereocenters. The highest BCUT2D eigenvalue weighted by molar-refractivity contribution is 7.92. The molecule has 1 aliphatic heterocycles. The summed E-state index contributed by atoms with van der Waals surface area (Å²) in [5.74, 6) is -0.373. The second-order valence-electron chi connectivity index (χ2n) is 5.36. The molecule has 0 saturated carbocycles. The molecule has 2 amide bonds. The quantitative estimate of drug-likeness (QED) is 0.700. The van der Waals surface area contributed by atoms with Gasteiger partial charge in [-0.05, 0) is 12.1 Å². The van der Waals surface area contributed by atoms with Crippen LogP contribution in [0.15, 0.2) is 18.2 Å². The minimum atomic E-state index is -3.76. The minimum Gasteiger partial charge on any atom is -0.342 e. The second-order valence-corrected chi connectivity index (χ2v) is 8.08. The largest absolute Gasteiger partial charge is 0.342 e. The van der Waals surface area contributed by atoms with Crippen LogP contribution in [0.4, 0.5) is 5.69 Å². The number of halogens is 2. The number of hydrogen-bond donors (Lipinski definition) is 0. The lowest BCUT2D eigenvalue weighted by molar-refractivity contribution is -0.133. The highest BCUT2D eigenvalue weighted by atomic mass is 35.5. The molecule has 0 aliphatic carbocycles. The first-order chi connectivity index (χ1) is 11.2. The summed E-state index contributed by atoms with van der Waals surface area (Å²) < 4.78 is 25.2. The van der Waals surface area contributed by atoms with Gasteiger partial charge >= 0.3 is 0 Å². The molecule has 10 heteroatoms. The van der Waals surface area contributed by atoms with Gasteiger partial charge in [-0.1, -0.05) is 29.3 Å². The third-order valence-electron chi connectivity index (χ3n) is 3.68. The zero-order valence-electron chi connectivity index (χ0n) is 13.0. The Morgan fingerprint density at radius 1 is 1.21 bits per heavy atom. The molecule has 0 aromatic heterocycles. The molecule has 1 heterocycles. The molecule has 1 fully saturated rings. The Hall–Kier alpha value is -1.51. The molecule has 7 nitrogen and oxygen atoms in total. The van der Waals surface area contributed by atoms with Crippen LogP contribution in [0.1, 0.15) is 0 Å². The average molecular weight is 394 g/mol. The lowest BCUT2D eigenvalue weighted by Crippen LogP contribution is -2.51. The number of para-hydroxylation sites is 1. The van der Waals surface area contributed by atoms with Gasteiger partial charge in [-0.25, -0.2) is 8.42 Å². The van der Waals surface area contributed by atoms with Crippen molar-refractivity contribution in [1.29, 1.82) is 0 Å². The van der Waals surface area contributed by atoms with Crippen molar-refractivity contribution in [2.45, 2.75) is 0 Å². The maximum atomic E-state index is 12.5. The van der Waals surface area contributed by atoms with Gasteiger partial charge in [-0.15, -0.1) is 0 Å². The minimum absolute atomic E-state index is 0.0863. The molecule has 1 aliphatic rings. The van der Waals surface area contributed by atoms with Crippen LogP contribution in [0.5, 0.6) is 0 Å². The first kappa shape index (κ1) is 18.8. The van der Waals surface area contributed by atoms with Gasteiger partial charge in [0.1, 0.15) is 6.54 Å². The van der Waals surface area contributed by atoms with Gasteiger partial charge in [-0.3, -0.25) is 13.9 Å². The molecule has 1 saturated heterocycles. The normalized spacial score (nSPS) is 15.3. The molecule has 0 radical (unpaired) electrons. The van der Waals surface area contributed by atoms with Crippen molar-refractivity contribution in [3.63, 3.8) is 0 Å². The van der Waals surface area contributed by atoms with E-state index >= 15 is 0 Å². The standard InChI is InChI=1S/C14H17Cl2N3O4S/c1-24(22,23)19(14-11(15)3-2-4-12(14)16)9-13(21)18-7-5-17(10-20)6-8-18/h2-4,10H,5-9H2,1H3. The van der Waals surface area contributed by atoms with E-state index < -0.39 is 16.6 Å². The lowest BCUT2D eigenvalue weighted by atomic mass is 10.3. The molecule has 132 valence electrons. The predicted molar refractivity (Wildman–Crippen MR) is 92.9 cm³/mol. The van der Waals surface area contributed by atoms with E-state index in [1.165, 1.54) is 17.0 Å². The van der Waals surface area contributed by atoms with Crippen molar-refractivity contribution in [2.24, 2.45) is 0 Å². The van der Waals surface area contributed by atoms with Gasteiger partial charge in [0.2, 0.25) is 22.3 Å². The summed E-state index contributed by atoms with van der Waals surface area (Å²) >= 11 is 12.2. The molecule has 0 N–H and O–H groups in total. The summed E-state index contributed by atoms with van der Waals surface area (Å²) in [7, 11) is -3.76. The van der Waals surface area contributed by atoms with E-state index in [4.69, 9.17) is 23.2 Å². The van der Waals surface area contributed by atoms with Gasteiger partial charge in [0, 0.05) is 26.2 Å². The van der Waals surface area contributed by atoms with Crippen LogP contribution in [0.2, 0.25) is 10.0 Å². The first-order valence-electron chi connectivity index (χ1n) is 7.13. The van der Waals surface area contributed by atoms with Gasteiger partial charge in [-0.2, -0.15) is 0 Å². The summed E-state index contributed by atoms with van der Waals surface area (Å²) in [6, 6.07) is 4.61. The van der Waals surface area contributed by atoms with Crippen molar-refractivity contribution in [3.8, 4) is 0 Å². The summed E-state index contributed by atoms with van der Waals surface area (Å²) in [6.07, 6.45) is 1.72. The van der Waals surface area contributed by atoms with E-state index in [9.17, 15) is 18.0 Å². The molecule has 1 aromatic rings. The second kappa shape index (κ2) is 7.58. The van der Waals surface area contributed by atoms with Crippen molar-refractivity contribution in [3.05, 3.63) is 28.2 Å². The Morgan fingerprint density at radius 2 is 1.75 bits per heavy atom. The molecule has 24 heavy (non-hydrogen) atoms. The Kier molecular flexibility index (Phi) is 5.95. The Bertz CT molecular complexity index is 713. The van der Waals surface area contributed by atoms with Gasteiger partial charge < -0.3 is 9.80 Å². The van der Waals surface area contributed by atoms with Gasteiger partial charge in [0.25, 0.3) is 0 Å². The third kappa shape index (κ3) is 4.31. The number of hydrogen-bond acceptors (Lipinski definition) is 4. The number of carbonyl (C=O) groups excluding carboxylic acids is 2. The zero-order chi connectivity index (χ0) is 17.9. The molecule has 2 rings (SSSR count). The number of amides is 2. The lowest BCUT2D eigenvalue weighted by Gasteiger charge is -2.34. The molecule has 1 aromatic carbocycles. The highest BCUT2D eigenvalue weighted by Gasteiger charge is 2.28. The van der Waals surface area contributed by atoms with Gasteiger partial charge in [0.15, 0.2) is 0 Å². The summed E-state index contributed by atoms with van der Waals surface area (Å²) in [6.45, 7) is 1.14. The molecular weight excluding hydrogens is 377 g/mol. The number of carbonyl (C=O) groups is 2. The number of sulfonamides is 1. The Balaban J connectivity index is 2.22. The molecule has 0 bridgehead atoms. The first-order valence-corrected chi connectivity index (χ1v) is 9.73. The van der Waals surface area contributed by atoms with E-state index in [2.05, 4.69) is 0 Å². The topological polar surface area (TPSA) is 78.0 Å². The van der Waals surface area contributed by atoms with E-state index in [1.807, 2.05) is 0 Å². The van der Waals surface area contributed by atoms with Crippen LogP contribution in [-0.4, -0.2) is 69.5 Å². The fourth-order valence-corrected chi connectivity index (χ4v) is 3.96. The monoisotopic (exact) mass is 393 g/mol. The smallest absolute Gasteiger partial charge is 0.243 e. The van der Waals surface area contributed by atoms with E-state index in [0.29, 0.717) is 26.2 Å². The predicted octanol–water partition coefficient (Wildman–Crippen LogP) is 1.06. The average Bonchev–Trinajstić information content (AvgIpc) is 2.52. The van der Waals surface area contributed by atoms with Crippen molar-refractivity contribution in [1.82, 2.24) is 9.80 Å². The third-order valence-corrected chi connectivity index (χ3v) is 5.40. The number of anilines is 1. The highest BCUT2D eigenvalue weighted by Crippen LogP contribution is 2.34.